The molecule has 0 spiro atoms. The zero-order valence-corrected chi connectivity index (χ0v) is 24.3. The maximum Gasteiger partial charge on any atom is 0.145 e. The van der Waals surface area contributed by atoms with Crippen LogP contribution in [0.1, 0.15) is 0 Å². The van der Waals surface area contributed by atoms with Gasteiger partial charge in [-0.3, -0.25) is 4.57 Å². The van der Waals surface area contributed by atoms with Crippen LogP contribution in [0.2, 0.25) is 0 Å². The quantitative estimate of drug-likeness (QED) is 0.224. The molecule has 4 heteroatoms. The normalized spacial score (nSPS) is 12.0. The minimum atomic E-state index is 0.933. The largest absolute Gasteiger partial charge is 0.354 e. The highest BCUT2D eigenvalue weighted by Crippen LogP contribution is 2.44. The second-order valence-corrected chi connectivity index (χ2v) is 11.7. The number of nitrogens with one attached hydrogen (secondary N) is 1. The van der Waals surface area contributed by atoms with E-state index in [1.54, 1.807) is 0 Å². The average Bonchev–Trinajstić information content (AvgIpc) is 3.79. The molecule has 10 aromatic rings. The minimum absolute atomic E-state index is 0.933. The monoisotopic (exact) mass is 574 g/mol. The van der Waals surface area contributed by atoms with Crippen molar-refractivity contribution in [2.45, 2.75) is 0 Å². The molecule has 0 aliphatic heterocycles. The average molecular weight is 575 g/mol. The van der Waals surface area contributed by atoms with E-state index in [-0.39, 0.29) is 0 Å². The lowest BCUT2D eigenvalue weighted by molar-refractivity contribution is 1.10. The predicted molar refractivity (Wildman–Crippen MR) is 188 cm³/mol. The van der Waals surface area contributed by atoms with Gasteiger partial charge in [-0.2, -0.15) is 0 Å². The zero-order valence-electron chi connectivity index (χ0n) is 24.3. The fraction of sp³-hybridized carbons (Fsp3) is 0. The summed E-state index contributed by atoms with van der Waals surface area (Å²) in [7, 11) is 0. The van der Waals surface area contributed by atoms with Crippen molar-refractivity contribution in [3.05, 3.63) is 152 Å². The van der Waals surface area contributed by atoms with Gasteiger partial charge in [0.05, 0.1) is 27.6 Å². The molecule has 0 saturated carbocycles. The van der Waals surface area contributed by atoms with Crippen molar-refractivity contribution in [1.29, 1.82) is 0 Å². The molecule has 7 aromatic carbocycles. The van der Waals surface area contributed by atoms with Crippen LogP contribution in [0.4, 0.5) is 0 Å². The number of benzene rings is 7. The third kappa shape index (κ3) is 3.39. The number of H-pyrrole nitrogens is 1. The fourth-order valence-electron chi connectivity index (χ4n) is 7.35. The summed E-state index contributed by atoms with van der Waals surface area (Å²) in [6.07, 6.45) is 0. The standard InChI is InChI=1S/C41H26N4/c1-2-12-27(13-3-1)45-36-21-11-9-19-34(36)43-41(45)26-22-24-28(25-23-26)44-35-20-10-7-17-32(35)38-37-31-16-6-8-18-33(31)42-39(37)29-14-4-5-15-30(29)40(38)44/h1-25,42H. The fourth-order valence-corrected chi connectivity index (χ4v) is 7.35. The molecular weight excluding hydrogens is 548 g/mol. The van der Waals surface area contributed by atoms with Crippen LogP contribution >= 0.6 is 0 Å². The van der Waals surface area contributed by atoms with Gasteiger partial charge >= 0.3 is 0 Å². The molecule has 0 aliphatic rings. The number of fused-ring (bicyclic) bond motifs is 11. The summed E-state index contributed by atoms with van der Waals surface area (Å²) in [5.74, 6) is 0.933. The Kier molecular flexibility index (Phi) is 4.96. The lowest BCUT2D eigenvalue weighted by Gasteiger charge is -2.13. The summed E-state index contributed by atoms with van der Waals surface area (Å²) in [6, 6.07) is 54.0. The van der Waals surface area contributed by atoms with Crippen LogP contribution in [-0.2, 0) is 0 Å². The van der Waals surface area contributed by atoms with Crippen LogP contribution in [-0.4, -0.2) is 19.1 Å². The van der Waals surface area contributed by atoms with Crippen molar-refractivity contribution in [3.63, 3.8) is 0 Å². The van der Waals surface area contributed by atoms with Crippen LogP contribution in [0.3, 0.4) is 0 Å². The molecule has 45 heavy (non-hydrogen) atoms. The predicted octanol–water partition coefficient (Wildman–Crippen LogP) is 10.6. The third-order valence-corrected chi connectivity index (χ3v) is 9.24. The van der Waals surface area contributed by atoms with Crippen molar-refractivity contribution in [1.82, 2.24) is 19.1 Å². The Labute approximate surface area is 258 Å². The maximum absolute atomic E-state index is 5.10. The second-order valence-electron chi connectivity index (χ2n) is 11.7. The van der Waals surface area contributed by atoms with Gasteiger partial charge in [0.1, 0.15) is 5.82 Å². The molecule has 10 rings (SSSR count). The van der Waals surface area contributed by atoms with Crippen molar-refractivity contribution in [2.24, 2.45) is 0 Å². The van der Waals surface area contributed by atoms with E-state index in [9.17, 15) is 0 Å². The van der Waals surface area contributed by atoms with E-state index in [1.165, 1.54) is 48.9 Å². The highest BCUT2D eigenvalue weighted by molar-refractivity contribution is 6.36. The Bertz CT molecular complexity index is 2740. The number of imidazole rings is 1. The minimum Gasteiger partial charge on any atom is -0.354 e. The smallest absolute Gasteiger partial charge is 0.145 e. The molecule has 3 aromatic heterocycles. The first-order valence-corrected chi connectivity index (χ1v) is 15.3. The van der Waals surface area contributed by atoms with Crippen LogP contribution in [0.5, 0.6) is 0 Å². The van der Waals surface area contributed by atoms with Crippen LogP contribution in [0.25, 0.3) is 88.2 Å². The third-order valence-electron chi connectivity index (χ3n) is 9.24. The van der Waals surface area contributed by atoms with E-state index in [2.05, 4.69) is 166 Å². The Morgan fingerprint density at radius 3 is 1.89 bits per heavy atom. The van der Waals surface area contributed by atoms with Gasteiger partial charge in [-0.05, 0) is 60.7 Å². The van der Waals surface area contributed by atoms with Crippen molar-refractivity contribution < 1.29 is 0 Å². The first kappa shape index (κ1) is 24.3. The molecule has 4 nitrogen and oxygen atoms in total. The molecule has 1 N–H and O–H groups in total. The second kappa shape index (κ2) is 9.18. The van der Waals surface area contributed by atoms with Gasteiger partial charge in [0.25, 0.3) is 0 Å². The molecule has 210 valence electrons. The maximum atomic E-state index is 5.10. The number of aromatic amines is 1. The highest BCUT2D eigenvalue weighted by Gasteiger charge is 2.21. The number of para-hydroxylation sites is 5. The highest BCUT2D eigenvalue weighted by atomic mass is 15.1. The SMILES string of the molecule is c1ccc(-n2c(-c3ccc(-n4c5ccccc5c5c6c7ccccc7[nH]c6c6ccccc6c54)cc3)nc3ccccc32)cc1. The van der Waals surface area contributed by atoms with Gasteiger partial charge in [0, 0.05) is 54.8 Å². The Morgan fingerprint density at radius 1 is 0.444 bits per heavy atom. The number of hydrogen-bond acceptors (Lipinski definition) is 1. The van der Waals surface area contributed by atoms with E-state index in [0.29, 0.717) is 0 Å². The summed E-state index contributed by atoms with van der Waals surface area (Å²) in [6.45, 7) is 0. The number of nitrogens with zero attached hydrogens (tertiary/aromatic N) is 3. The van der Waals surface area contributed by atoms with E-state index in [1.807, 2.05) is 0 Å². The van der Waals surface area contributed by atoms with E-state index in [0.717, 1.165) is 39.3 Å². The lowest BCUT2D eigenvalue weighted by atomic mass is 9.99. The van der Waals surface area contributed by atoms with Gasteiger partial charge < -0.3 is 9.55 Å². The van der Waals surface area contributed by atoms with Crippen molar-refractivity contribution in [2.75, 3.05) is 0 Å². The Balaban J connectivity index is 1.27. The molecular formula is C41H26N4. The van der Waals surface area contributed by atoms with Gasteiger partial charge in [-0.25, -0.2) is 4.98 Å². The van der Waals surface area contributed by atoms with Gasteiger partial charge in [-0.15, -0.1) is 0 Å². The van der Waals surface area contributed by atoms with E-state index in [4.69, 9.17) is 4.98 Å². The lowest BCUT2D eigenvalue weighted by Crippen LogP contribution is -1.98. The number of rotatable bonds is 3. The van der Waals surface area contributed by atoms with Crippen LogP contribution < -0.4 is 0 Å². The summed E-state index contributed by atoms with van der Waals surface area (Å²) < 4.78 is 4.70. The molecule has 0 saturated heterocycles. The molecule has 0 aliphatic carbocycles. The summed E-state index contributed by atoms with van der Waals surface area (Å²) in [4.78, 5) is 8.87. The molecule has 0 radical (unpaired) electrons. The molecule has 0 bridgehead atoms. The first-order chi connectivity index (χ1) is 22.3. The molecule has 3 heterocycles. The summed E-state index contributed by atoms with van der Waals surface area (Å²) >= 11 is 0. The molecule has 0 fully saturated rings. The van der Waals surface area contributed by atoms with Gasteiger partial charge in [0.15, 0.2) is 0 Å². The van der Waals surface area contributed by atoms with Crippen molar-refractivity contribution >= 4 is 65.4 Å². The van der Waals surface area contributed by atoms with Gasteiger partial charge in [-0.1, -0.05) is 91.0 Å². The molecule has 0 unspecified atom stereocenters. The van der Waals surface area contributed by atoms with Crippen LogP contribution in [0, 0.1) is 0 Å². The van der Waals surface area contributed by atoms with E-state index < -0.39 is 0 Å². The Hall–Kier alpha value is -6.13. The summed E-state index contributed by atoms with van der Waals surface area (Å²) in [5.41, 5.74) is 10.1. The Morgan fingerprint density at radius 2 is 1.07 bits per heavy atom. The zero-order chi connectivity index (χ0) is 29.5. The topological polar surface area (TPSA) is 38.5 Å². The molecule has 0 amide bonds. The van der Waals surface area contributed by atoms with E-state index >= 15 is 0 Å². The van der Waals surface area contributed by atoms with Gasteiger partial charge in [0.2, 0.25) is 0 Å². The van der Waals surface area contributed by atoms with Crippen LogP contribution in [0.15, 0.2) is 152 Å². The van der Waals surface area contributed by atoms with Crippen molar-refractivity contribution in [3.8, 4) is 22.8 Å². The number of aromatic nitrogens is 4. The molecule has 0 atom stereocenters. The number of hydrogen-bond donors (Lipinski definition) is 1. The first-order valence-electron chi connectivity index (χ1n) is 15.3. The summed E-state index contributed by atoms with van der Waals surface area (Å²) in [5, 5.41) is 7.53.